The van der Waals surface area contributed by atoms with Crippen molar-refractivity contribution < 1.29 is 24.2 Å². The fourth-order valence-corrected chi connectivity index (χ4v) is 4.16. The molecule has 0 unspecified atom stereocenters. The molecule has 25 heavy (non-hydrogen) atoms. The fourth-order valence-electron chi connectivity index (χ4n) is 4.16. The third kappa shape index (κ3) is 2.30. The minimum absolute atomic E-state index is 0.230. The van der Waals surface area contributed by atoms with Gasteiger partial charge in [-0.1, -0.05) is 24.3 Å². The second-order valence-electron chi connectivity index (χ2n) is 6.52. The normalized spacial score (nSPS) is 31.4. The van der Waals surface area contributed by atoms with Crippen LogP contribution in [0.25, 0.3) is 0 Å². The SMILES string of the molecule is CCN1C(=O)[C@@H]2[C@@H](C1=O)[C@](CO)(C(=O)OC)N[C@H]2c1ccccc1C. The first-order valence-corrected chi connectivity index (χ1v) is 8.30. The van der Waals surface area contributed by atoms with Gasteiger partial charge in [-0.05, 0) is 25.0 Å². The number of rotatable bonds is 4. The molecular formula is C18H22N2O5. The number of likely N-dealkylation sites (tertiary alicyclic amines) is 1. The molecule has 134 valence electrons. The van der Waals surface area contributed by atoms with Gasteiger partial charge in [0.15, 0.2) is 5.54 Å². The standard InChI is InChI=1S/C18H22N2O5/c1-4-20-15(22)12-13(16(20)23)18(9-21,17(24)25-3)19-14(12)11-8-6-5-7-10(11)2/h5-8,12-14,19,21H,4,9H2,1-3H3/t12-,13+,14+,18-/m1/s1. The number of carbonyl (C=O) groups excluding carboxylic acids is 3. The van der Waals surface area contributed by atoms with Crippen molar-refractivity contribution in [2.45, 2.75) is 25.4 Å². The van der Waals surface area contributed by atoms with Crippen molar-refractivity contribution >= 4 is 17.8 Å². The Kier molecular flexibility index (Phi) is 4.38. The summed E-state index contributed by atoms with van der Waals surface area (Å²) in [5, 5.41) is 13.1. The van der Waals surface area contributed by atoms with E-state index in [-0.39, 0.29) is 12.5 Å². The van der Waals surface area contributed by atoms with Crippen LogP contribution in [0.15, 0.2) is 24.3 Å². The minimum atomic E-state index is -1.62. The molecule has 3 rings (SSSR count). The Hall–Kier alpha value is -2.25. The van der Waals surface area contributed by atoms with Crippen LogP contribution in [-0.4, -0.2) is 53.6 Å². The molecule has 2 fully saturated rings. The lowest BCUT2D eigenvalue weighted by Crippen LogP contribution is -2.58. The van der Waals surface area contributed by atoms with Crippen molar-refractivity contribution in [3.05, 3.63) is 35.4 Å². The van der Waals surface area contributed by atoms with Gasteiger partial charge in [-0.3, -0.25) is 19.8 Å². The summed E-state index contributed by atoms with van der Waals surface area (Å²) >= 11 is 0. The second-order valence-corrected chi connectivity index (χ2v) is 6.52. The Balaban J connectivity index is 2.17. The van der Waals surface area contributed by atoms with Gasteiger partial charge in [-0.25, -0.2) is 4.79 Å². The highest BCUT2D eigenvalue weighted by Gasteiger charge is 2.68. The minimum Gasteiger partial charge on any atom is -0.468 e. The molecule has 7 nitrogen and oxygen atoms in total. The van der Waals surface area contributed by atoms with Gasteiger partial charge in [0, 0.05) is 12.6 Å². The van der Waals surface area contributed by atoms with Crippen LogP contribution >= 0.6 is 0 Å². The predicted octanol–water partition coefficient (Wildman–Crippen LogP) is 0.165. The maximum atomic E-state index is 12.9. The molecule has 0 spiro atoms. The number of nitrogens with one attached hydrogen (secondary N) is 1. The third-order valence-electron chi connectivity index (χ3n) is 5.38. The third-order valence-corrected chi connectivity index (χ3v) is 5.38. The Morgan fingerprint density at radius 1 is 1.32 bits per heavy atom. The lowest BCUT2D eigenvalue weighted by molar-refractivity contribution is -0.156. The molecule has 2 aliphatic rings. The number of methoxy groups -OCH3 is 1. The summed E-state index contributed by atoms with van der Waals surface area (Å²) < 4.78 is 4.86. The number of imide groups is 1. The molecule has 2 amide bonds. The van der Waals surface area contributed by atoms with E-state index in [0.29, 0.717) is 0 Å². The molecule has 2 aliphatic heterocycles. The Morgan fingerprint density at radius 2 is 2.00 bits per heavy atom. The molecule has 7 heteroatoms. The number of esters is 1. The van der Waals surface area contributed by atoms with Crippen molar-refractivity contribution in [3.8, 4) is 0 Å². The van der Waals surface area contributed by atoms with E-state index in [4.69, 9.17) is 4.74 Å². The van der Waals surface area contributed by atoms with E-state index < -0.39 is 41.9 Å². The van der Waals surface area contributed by atoms with Crippen LogP contribution in [0, 0.1) is 18.8 Å². The summed E-state index contributed by atoms with van der Waals surface area (Å²) in [6.07, 6.45) is 0. The molecule has 2 heterocycles. The van der Waals surface area contributed by atoms with E-state index in [1.165, 1.54) is 7.11 Å². The average Bonchev–Trinajstić information content (AvgIpc) is 3.09. The molecular weight excluding hydrogens is 324 g/mol. The van der Waals surface area contributed by atoms with Gasteiger partial charge < -0.3 is 9.84 Å². The molecule has 0 radical (unpaired) electrons. The summed E-state index contributed by atoms with van der Waals surface area (Å²) in [5.74, 6) is -3.24. The van der Waals surface area contributed by atoms with Crippen LogP contribution in [0.3, 0.4) is 0 Å². The highest BCUT2D eigenvalue weighted by molar-refractivity contribution is 6.09. The topological polar surface area (TPSA) is 95.9 Å². The molecule has 0 aromatic heterocycles. The van der Waals surface area contributed by atoms with Gasteiger partial charge in [0.25, 0.3) is 0 Å². The molecule has 0 aliphatic carbocycles. The first-order valence-electron chi connectivity index (χ1n) is 8.30. The summed E-state index contributed by atoms with van der Waals surface area (Å²) in [4.78, 5) is 39.4. The molecule has 1 aromatic carbocycles. The van der Waals surface area contributed by atoms with Gasteiger partial charge >= 0.3 is 5.97 Å². The Labute approximate surface area is 146 Å². The lowest BCUT2D eigenvalue weighted by Gasteiger charge is -2.30. The van der Waals surface area contributed by atoms with E-state index in [9.17, 15) is 19.5 Å². The van der Waals surface area contributed by atoms with Gasteiger partial charge in [0.05, 0.1) is 25.6 Å². The Bertz CT molecular complexity index is 734. The largest absolute Gasteiger partial charge is 0.468 e. The number of aliphatic hydroxyl groups excluding tert-OH is 1. The van der Waals surface area contributed by atoms with Crippen LogP contribution in [0.2, 0.25) is 0 Å². The zero-order chi connectivity index (χ0) is 18.4. The number of hydrogen-bond acceptors (Lipinski definition) is 6. The fraction of sp³-hybridized carbons (Fsp3) is 0.500. The monoisotopic (exact) mass is 346 g/mol. The first kappa shape index (κ1) is 17.6. The van der Waals surface area contributed by atoms with Crippen LogP contribution in [0.5, 0.6) is 0 Å². The number of ether oxygens (including phenoxy) is 1. The Morgan fingerprint density at radius 3 is 2.56 bits per heavy atom. The molecule has 4 atom stereocenters. The first-order chi connectivity index (χ1) is 11.9. The van der Waals surface area contributed by atoms with Crippen LogP contribution in [0.4, 0.5) is 0 Å². The smallest absolute Gasteiger partial charge is 0.329 e. The van der Waals surface area contributed by atoms with Gasteiger partial charge in [-0.2, -0.15) is 0 Å². The average molecular weight is 346 g/mol. The van der Waals surface area contributed by atoms with E-state index >= 15 is 0 Å². The number of amides is 2. The van der Waals surface area contributed by atoms with Crippen LogP contribution in [-0.2, 0) is 19.1 Å². The molecule has 1 aromatic rings. The van der Waals surface area contributed by atoms with Crippen molar-refractivity contribution in [2.75, 3.05) is 20.3 Å². The number of aliphatic hydroxyl groups is 1. The van der Waals surface area contributed by atoms with Crippen LogP contribution in [0.1, 0.15) is 24.1 Å². The number of nitrogens with zero attached hydrogens (tertiary/aromatic N) is 1. The van der Waals surface area contributed by atoms with Crippen molar-refractivity contribution in [1.82, 2.24) is 10.2 Å². The number of benzene rings is 1. The highest BCUT2D eigenvalue weighted by Crippen LogP contribution is 2.49. The van der Waals surface area contributed by atoms with Gasteiger partial charge in [0.2, 0.25) is 11.8 Å². The number of fused-ring (bicyclic) bond motifs is 1. The van der Waals surface area contributed by atoms with E-state index in [1.54, 1.807) is 6.92 Å². The second kappa shape index (κ2) is 6.24. The zero-order valence-electron chi connectivity index (χ0n) is 14.5. The maximum Gasteiger partial charge on any atom is 0.329 e. The van der Waals surface area contributed by atoms with E-state index in [2.05, 4.69) is 5.32 Å². The van der Waals surface area contributed by atoms with Crippen molar-refractivity contribution in [1.29, 1.82) is 0 Å². The highest BCUT2D eigenvalue weighted by atomic mass is 16.5. The zero-order valence-corrected chi connectivity index (χ0v) is 14.5. The van der Waals surface area contributed by atoms with E-state index in [0.717, 1.165) is 16.0 Å². The predicted molar refractivity (Wildman–Crippen MR) is 88.3 cm³/mol. The summed E-state index contributed by atoms with van der Waals surface area (Å²) in [7, 11) is 1.20. The quantitative estimate of drug-likeness (QED) is 0.596. The molecule has 2 N–H and O–H groups in total. The summed E-state index contributed by atoms with van der Waals surface area (Å²) in [6, 6.07) is 6.94. The number of aryl methyl sites for hydroxylation is 1. The van der Waals surface area contributed by atoms with Crippen molar-refractivity contribution in [2.24, 2.45) is 11.8 Å². The van der Waals surface area contributed by atoms with E-state index in [1.807, 2.05) is 31.2 Å². The van der Waals surface area contributed by atoms with Gasteiger partial charge in [0.1, 0.15) is 0 Å². The maximum absolute atomic E-state index is 12.9. The van der Waals surface area contributed by atoms with Gasteiger partial charge in [-0.15, -0.1) is 0 Å². The molecule has 2 saturated heterocycles. The number of carbonyl (C=O) groups is 3. The summed E-state index contributed by atoms with van der Waals surface area (Å²) in [5.41, 5.74) is 0.145. The summed E-state index contributed by atoms with van der Waals surface area (Å²) in [6.45, 7) is 3.22. The molecule has 0 saturated carbocycles. The van der Waals surface area contributed by atoms with Crippen LogP contribution < -0.4 is 5.32 Å². The lowest BCUT2D eigenvalue weighted by atomic mass is 9.79. The van der Waals surface area contributed by atoms with Crippen molar-refractivity contribution in [3.63, 3.8) is 0 Å². The molecule has 0 bridgehead atoms. The number of hydrogen-bond donors (Lipinski definition) is 2.